The predicted molar refractivity (Wildman–Crippen MR) is 88.1 cm³/mol. The second-order valence-electron chi connectivity index (χ2n) is 5.42. The molecule has 1 amide bonds. The Bertz CT molecular complexity index is 602. The largest absolute Gasteiger partial charge is 0.497 e. The molecule has 0 saturated carbocycles. The van der Waals surface area contributed by atoms with Gasteiger partial charge in [-0.3, -0.25) is 4.79 Å². The van der Waals surface area contributed by atoms with Gasteiger partial charge in [-0.1, -0.05) is 13.3 Å². The van der Waals surface area contributed by atoms with Crippen molar-refractivity contribution in [3.63, 3.8) is 0 Å². The van der Waals surface area contributed by atoms with Crippen LogP contribution in [-0.2, 0) is 13.6 Å². The smallest absolute Gasteiger partial charge is 0.254 e. The third kappa shape index (κ3) is 3.91. The fourth-order valence-electron chi connectivity index (χ4n) is 2.37. The minimum absolute atomic E-state index is 0.0669. The van der Waals surface area contributed by atoms with Crippen molar-refractivity contribution in [3.8, 4) is 5.75 Å². The minimum atomic E-state index is 0.0669. The molecule has 0 atom stereocenters. The van der Waals surface area contributed by atoms with E-state index in [-0.39, 0.29) is 5.91 Å². The molecule has 0 N–H and O–H groups in total. The van der Waals surface area contributed by atoms with Crippen molar-refractivity contribution >= 4 is 5.91 Å². The van der Waals surface area contributed by atoms with Crippen molar-refractivity contribution in [1.29, 1.82) is 0 Å². The van der Waals surface area contributed by atoms with E-state index in [0.717, 1.165) is 30.8 Å². The number of carbonyl (C=O) groups excluding carboxylic acids is 1. The number of nitrogens with zero attached hydrogens (tertiary/aromatic N) is 2. The number of benzene rings is 1. The van der Waals surface area contributed by atoms with Gasteiger partial charge in [0, 0.05) is 31.0 Å². The van der Waals surface area contributed by atoms with Gasteiger partial charge in [0.2, 0.25) is 0 Å². The molecule has 0 bridgehead atoms. The zero-order valence-electron chi connectivity index (χ0n) is 13.6. The van der Waals surface area contributed by atoms with E-state index in [1.807, 2.05) is 48.5 Å². The second-order valence-corrected chi connectivity index (χ2v) is 5.42. The van der Waals surface area contributed by atoms with Crippen LogP contribution in [0.15, 0.2) is 42.6 Å². The predicted octanol–water partition coefficient (Wildman–Crippen LogP) is 3.48. The minimum Gasteiger partial charge on any atom is -0.497 e. The van der Waals surface area contributed by atoms with Crippen LogP contribution >= 0.6 is 0 Å². The third-order valence-electron chi connectivity index (χ3n) is 3.81. The maximum atomic E-state index is 12.8. The summed E-state index contributed by atoms with van der Waals surface area (Å²) in [6, 6.07) is 11.4. The summed E-state index contributed by atoms with van der Waals surface area (Å²) in [5.41, 5.74) is 1.84. The van der Waals surface area contributed by atoms with Crippen LogP contribution in [0.1, 0.15) is 35.8 Å². The molecule has 0 fully saturated rings. The number of hydrogen-bond acceptors (Lipinski definition) is 2. The Kier molecular flexibility index (Phi) is 5.64. The number of methoxy groups -OCH3 is 1. The highest BCUT2D eigenvalue weighted by molar-refractivity contribution is 5.94. The second kappa shape index (κ2) is 7.69. The lowest BCUT2D eigenvalue weighted by Gasteiger charge is -2.23. The first kappa shape index (κ1) is 16.1. The maximum Gasteiger partial charge on any atom is 0.254 e. The highest BCUT2D eigenvalue weighted by Gasteiger charge is 2.16. The van der Waals surface area contributed by atoms with E-state index < -0.39 is 0 Å². The first-order valence-electron chi connectivity index (χ1n) is 7.69. The van der Waals surface area contributed by atoms with E-state index in [1.165, 1.54) is 0 Å². The van der Waals surface area contributed by atoms with Crippen molar-refractivity contribution in [2.45, 2.75) is 26.3 Å². The molecule has 0 aliphatic carbocycles. The molecule has 1 aromatic heterocycles. The van der Waals surface area contributed by atoms with Crippen LogP contribution in [0.5, 0.6) is 5.75 Å². The van der Waals surface area contributed by atoms with Crippen molar-refractivity contribution in [2.24, 2.45) is 7.05 Å². The Morgan fingerprint density at radius 3 is 2.50 bits per heavy atom. The Hall–Kier alpha value is -2.23. The van der Waals surface area contributed by atoms with E-state index in [2.05, 4.69) is 17.6 Å². The van der Waals surface area contributed by atoms with E-state index in [1.54, 1.807) is 7.11 Å². The maximum absolute atomic E-state index is 12.8. The molecule has 0 aliphatic rings. The van der Waals surface area contributed by atoms with Crippen LogP contribution in [0.3, 0.4) is 0 Å². The van der Waals surface area contributed by atoms with Crippen molar-refractivity contribution in [3.05, 3.63) is 53.9 Å². The summed E-state index contributed by atoms with van der Waals surface area (Å²) < 4.78 is 7.20. The normalized spacial score (nSPS) is 10.5. The SMILES string of the molecule is CCCCN(Cc1cccn1C)C(=O)c1ccc(OC)cc1. The molecule has 0 saturated heterocycles. The van der Waals surface area contributed by atoms with E-state index in [9.17, 15) is 4.79 Å². The Balaban J connectivity index is 2.15. The van der Waals surface area contributed by atoms with Crippen LogP contribution in [0.25, 0.3) is 0 Å². The lowest BCUT2D eigenvalue weighted by Crippen LogP contribution is -2.32. The average molecular weight is 300 g/mol. The number of unbranched alkanes of at least 4 members (excludes halogenated alkanes) is 1. The number of hydrogen-bond donors (Lipinski definition) is 0. The Morgan fingerprint density at radius 1 is 1.23 bits per heavy atom. The molecular formula is C18H24N2O2. The zero-order chi connectivity index (χ0) is 15.9. The molecule has 1 heterocycles. The van der Waals surface area contributed by atoms with Crippen LogP contribution < -0.4 is 4.74 Å². The van der Waals surface area contributed by atoms with Crippen LogP contribution in [-0.4, -0.2) is 29.0 Å². The fourth-order valence-corrected chi connectivity index (χ4v) is 2.37. The number of aromatic nitrogens is 1. The number of aryl methyl sites for hydroxylation is 1. The van der Waals surface area contributed by atoms with Gasteiger partial charge in [-0.05, 0) is 42.8 Å². The standard InChI is InChI=1S/C18H24N2O2/c1-4-5-13-20(14-16-7-6-12-19(16)2)18(21)15-8-10-17(22-3)11-9-15/h6-12H,4-5,13-14H2,1-3H3. The van der Waals surface area contributed by atoms with E-state index in [4.69, 9.17) is 4.74 Å². The van der Waals surface area contributed by atoms with Gasteiger partial charge in [-0.2, -0.15) is 0 Å². The van der Waals surface area contributed by atoms with Gasteiger partial charge in [-0.25, -0.2) is 0 Å². The summed E-state index contributed by atoms with van der Waals surface area (Å²) in [4.78, 5) is 14.7. The zero-order valence-corrected chi connectivity index (χ0v) is 13.6. The molecule has 2 rings (SSSR count). The number of ether oxygens (including phenoxy) is 1. The summed E-state index contributed by atoms with van der Waals surface area (Å²) in [5.74, 6) is 0.830. The topological polar surface area (TPSA) is 34.5 Å². The molecule has 1 aromatic carbocycles. The Labute approximate surface area is 132 Å². The summed E-state index contributed by atoms with van der Waals surface area (Å²) in [7, 11) is 3.63. The molecule has 22 heavy (non-hydrogen) atoms. The van der Waals surface area contributed by atoms with E-state index >= 15 is 0 Å². The molecular weight excluding hydrogens is 276 g/mol. The van der Waals surface area contributed by atoms with Gasteiger partial charge in [0.15, 0.2) is 0 Å². The fraction of sp³-hybridized carbons (Fsp3) is 0.389. The molecule has 118 valence electrons. The first-order chi connectivity index (χ1) is 10.7. The molecule has 0 unspecified atom stereocenters. The molecule has 2 aromatic rings. The average Bonchev–Trinajstić information content (AvgIpc) is 2.95. The van der Waals surface area contributed by atoms with Gasteiger partial charge in [0.05, 0.1) is 13.7 Å². The molecule has 0 spiro atoms. The highest BCUT2D eigenvalue weighted by atomic mass is 16.5. The van der Waals surface area contributed by atoms with Gasteiger partial charge < -0.3 is 14.2 Å². The monoisotopic (exact) mass is 300 g/mol. The number of amides is 1. The van der Waals surface area contributed by atoms with Gasteiger partial charge >= 0.3 is 0 Å². The van der Waals surface area contributed by atoms with Crippen molar-refractivity contribution in [2.75, 3.05) is 13.7 Å². The quantitative estimate of drug-likeness (QED) is 0.784. The van der Waals surface area contributed by atoms with Crippen LogP contribution in [0, 0.1) is 0 Å². The lowest BCUT2D eigenvalue weighted by molar-refractivity contribution is 0.0737. The molecule has 4 heteroatoms. The number of carbonyl (C=O) groups is 1. The van der Waals surface area contributed by atoms with Gasteiger partial charge in [0.25, 0.3) is 5.91 Å². The van der Waals surface area contributed by atoms with Crippen molar-refractivity contribution < 1.29 is 9.53 Å². The van der Waals surface area contributed by atoms with Crippen LogP contribution in [0.2, 0.25) is 0 Å². The third-order valence-corrected chi connectivity index (χ3v) is 3.81. The van der Waals surface area contributed by atoms with Crippen molar-refractivity contribution in [1.82, 2.24) is 9.47 Å². The van der Waals surface area contributed by atoms with E-state index in [0.29, 0.717) is 12.1 Å². The summed E-state index contributed by atoms with van der Waals surface area (Å²) in [6.07, 6.45) is 4.08. The Morgan fingerprint density at radius 2 is 1.95 bits per heavy atom. The van der Waals surface area contributed by atoms with Crippen LogP contribution in [0.4, 0.5) is 0 Å². The molecule has 4 nitrogen and oxygen atoms in total. The number of rotatable bonds is 7. The molecule has 0 aliphatic heterocycles. The summed E-state index contributed by atoms with van der Waals surface area (Å²) in [5, 5.41) is 0. The van der Waals surface area contributed by atoms with Gasteiger partial charge in [0.1, 0.15) is 5.75 Å². The summed E-state index contributed by atoms with van der Waals surface area (Å²) >= 11 is 0. The lowest BCUT2D eigenvalue weighted by atomic mass is 10.1. The molecule has 0 radical (unpaired) electrons. The first-order valence-corrected chi connectivity index (χ1v) is 7.69. The summed E-state index contributed by atoms with van der Waals surface area (Å²) in [6.45, 7) is 3.54. The van der Waals surface area contributed by atoms with Gasteiger partial charge in [-0.15, -0.1) is 0 Å². The highest BCUT2D eigenvalue weighted by Crippen LogP contribution is 2.15.